The number of urea groups is 1. The first-order chi connectivity index (χ1) is 8.79. The van der Waals surface area contributed by atoms with Crippen LogP contribution in [0.2, 0.25) is 0 Å². The molecule has 0 spiro atoms. The van der Waals surface area contributed by atoms with Crippen LogP contribution in [0.15, 0.2) is 18.7 Å². The molecule has 100 valence electrons. The van der Waals surface area contributed by atoms with Gasteiger partial charge in [-0.3, -0.25) is 4.90 Å². The van der Waals surface area contributed by atoms with Crippen molar-refractivity contribution in [3.05, 3.63) is 18.7 Å². The van der Waals surface area contributed by atoms with Gasteiger partial charge in [0.1, 0.15) is 0 Å². The molecule has 2 amide bonds. The van der Waals surface area contributed by atoms with Crippen LogP contribution in [-0.2, 0) is 6.54 Å². The molecule has 1 aliphatic heterocycles. The van der Waals surface area contributed by atoms with E-state index in [4.69, 9.17) is 0 Å². The summed E-state index contributed by atoms with van der Waals surface area (Å²) in [6.45, 7) is 8.14. The van der Waals surface area contributed by atoms with Gasteiger partial charge in [-0.25, -0.2) is 9.78 Å². The van der Waals surface area contributed by atoms with Gasteiger partial charge >= 0.3 is 6.03 Å². The Kier molecular flexibility index (Phi) is 4.58. The van der Waals surface area contributed by atoms with Crippen molar-refractivity contribution >= 4 is 6.03 Å². The zero-order chi connectivity index (χ0) is 12.8. The predicted octanol–water partition coefficient (Wildman–Crippen LogP) is 0.230. The van der Waals surface area contributed by atoms with Crippen molar-refractivity contribution in [2.45, 2.75) is 13.5 Å². The maximum absolute atomic E-state index is 11.6. The monoisotopic (exact) mass is 251 g/mol. The van der Waals surface area contributed by atoms with Gasteiger partial charge in [0, 0.05) is 58.2 Å². The van der Waals surface area contributed by atoms with E-state index < -0.39 is 0 Å². The summed E-state index contributed by atoms with van der Waals surface area (Å²) in [4.78, 5) is 19.9. The fourth-order valence-electron chi connectivity index (χ4n) is 2.11. The fourth-order valence-corrected chi connectivity index (χ4v) is 2.11. The van der Waals surface area contributed by atoms with Gasteiger partial charge in [-0.05, 0) is 6.92 Å². The molecule has 0 unspecified atom stereocenters. The molecule has 1 aromatic heterocycles. The van der Waals surface area contributed by atoms with Gasteiger partial charge in [-0.15, -0.1) is 0 Å². The van der Waals surface area contributed by atoms with Crippen LogP contribution in [0.1, 0.15) is 6.92 Å². The maximum atomic E-state index is 11.6. The minimum Gasteiger partial charge on any atom is -0.338 e. The third-order valence-corrected chi connectivity index (χ3v) is 3.22. The second-order valence-electron chi connectivity index (χ2n) is 4.46. The Morgan fingerprint density at radius 3 is 2.67 bits per heavy atom. The van der Waals surface area contributed by atoms with E-state index in [9.17, 15) is 4.79 Å². The van der Waals surface area contributed by atoms with Gasteiger partial charge < -0.3 is 14.8 Å². The second kappa shape index (κ2) is 6.39. The lowest BCUT2D eigenvalue weighted by atomic mass is 10.3. The highest BCUT2D eigenvalue weighted by Gasteiger charge is 2.19. The van der Waals surface area contributed by atoms with Crippen LogP contribution >= 0.6 is 0 Å². The highest BCUT2D eigenvalue weighted by Crippen LogP contribution is 2.02. The number of hydrogen-bond donors (Lipinski definition) is 1. The number of aromatic nitrogens is 2. The van der Waals surface area contributed by atoms with Crippen molar-refractivity contribution in [1.82, 2.24) is 24.7 Å². The van der Waals surface area contributed by atoms with Crippen molar-refractivity contribution in [1.29, 1.82) is 0 Å². The normalized spacial score (nSPS) is 16.8. The van der Waals surface area contributed by atoms with Gasteiger partial charge in [0.2, 0.25) is 0 Å². The number of imidazole rings is 1. The number of hydrogen-bond acceptors (Lipinski definition) is 3. The molecule has 0 saturated carbocycles. The zero-order valence-corrected chi connectivity index (χ0v) is 10.9. The Hall–Kier alpha value is -1.56. The quantitative estimate of drug-likeness (QED) is 0.833. The van der Waals surface area contributed by atoms with Crippen LogP contribution in [-0.4, -0.2) is 64.7 Å². The van der Waals surface area contributed by atoms with Crippen molar-refractivity contribution in [2.24, 2.45) is 0 Å². The van der Waals surface area contributed by atoms with E-state index in [0.717, 1.165) is 39.3 Å². The second-order valence-corrected chi connectivity index (χ2v) is 4.46. The molecule has 1 aliphatic rings. The van der Waals surface area contributed by atoms with Gasteiger partial charge in [-0.2, -0.15) is 0 Å². The van der Waals surface area contributed by atoms with Gasteiger partial charge in [-0.1, -0.05) is 0 Å². The molecule has 0 atom stereocenters. The van der Waals surface area contributed by atoms with E-state index in [0.29, 0.717) is 6.54 Å². The molecule has 1 fully saturated rings. The summed E-state index contributed by atoms with van der Waals surface area (Å²) >= 11 is 0. The molecule has 0 bridgehead atoms. The van der Waals surface area contributed by atoms with E-state index in [-0.39, 0.29) is 6.03 Å². The molecule has 0 aliphatic carbocycles. The standard InChI is InChI=1S/C12H21N5O/c1-2-14-12(18)17-9-7-15(8-10-17)5-6-16-4-3-13-11-16/h3-4,11H,2,5-10H2,1H3,(H,14,18). The zero-order valence-electron chi connectivity index (χ0n) is 10.9. The number of nitrogens with zero attached hydrogens (tertiary/aromatic N) is 4. The first kappa shape index (κ1) is 12.9. The number of nitrogens with one attached hydrogen (secondary N) is 1. The molecule has 1 saturated heterocycles. The lowest BCUT2D eigenvalue weighted by molar-refractivity contribution is 0.137. The Balaban J connectivity index is 1.68. The Morgan fingerprint density at radius 2 is 2.06 bits per heavy atom. The van der Waals surface area contributed by atoms with E-state index in [1.165, 1.54) is 0 Å². The fraction of sp³-hybridized carbons (Fsp3) is 0.667. The summed E-state index contributed by atoms with van der Waals surface area (Å²) < 4.78 is 2.08. The third-order valence-electron chi connectivity index (χ3n) is 3.22. The summed E-state index contributed by atoms with van der Waals surface area (Å²) in [5.41, 5.74) is 0. The van der Waals surface area contributed by atoms with Crippen LogP contribution < -0.4 is 5.32 Å². The smallest absolute Gasteiger partial charge is 0.317 e. The molecule has 1 aromatic rings. The Morgan fingerprint density at radius 1 is 1.28 bits per heavy atom. The third kappa shape index (κ3) is 3.46. The molecule has 2 rings (SSSR count). The first-order valence-corrected chi connectivity index (χ1v) is 6.50. The summed E-state index contributed by atoms with van der Waals surface area (Å²) in [5, 5.41) is 2.84. The summed E-state index contributed by atoms with van der Waals surface area (Å²) in [7, 11) is 0. The lowest BCUT2D eigenvalue weighted by Gasteiger charge is -2.34. The number of carbonyl (C=O) groups excluding carboxylic acids is 1. The predicted molar refractivity (Wildman–Crippen MR) is 69.3 cm³/mol. The largest absolute Gasteiger partial charge is 0.338 e. The average molecular weight is 251 g/mol. The van der Waals surface area contributed by atoms with Crippen molar-refractivity contribution in [2.75, 3.05) is 39.3 Å². The van der Waals surface area contributed by atoms with E-state index in [2.05, 4.69) is 19.8 Å². The van der Waals surface area contributed by atoms with Gasteiger partial charge in [0.25, 0.3) is 0 Å². The molecule has 18 heavy (non-hydrogen) atoms. The molecule has 1 N–H and O–H groups in total. The van der Waals surface area contributed by atoms with E-state index in [1.54, 1.807) is 6.20 Å². The Labute approximate surface area is 108 Å². The van der Waals surface area contributed by atoms with Crippen molar-refractivity contribution in [3.8, 4) is 0 Å². The number of carbonyl (C=O) groups is 1. The molecule has 6 heteroatoms. The Bertz CT molecular complexity index is 357. The number of piperazine rings is 1. The van der Waals surface area contributed by atoms with Gasteiger partial charge in [0.15, 0.2) is 0 Å². The van der Waals surface area contributed by atoms with Crippen molar-refractivity contribution in [3.63, 3.8) is 0 Å². The summed E-state index contributed by atoms with van der Waals surface area (Å²) in [5.74, 6) is 0. The number of rotatable bonds is 4. The van der Waals surface area contributed by atoms with Crippen LogP contribution in [0.4, 0.5) is 4.79 Å². The summed E-state index contributed by atoms with van der Waals surface area (Å²) in [6, 6.07) is 0.0618. The number of amides is 2. The van der Waals surface area contributed by atoms with Crippen molar-refractivity contribution < 1.29 is 4.79 Å². The molecule has 0 radical (unpaired) electrons. The minimum absolute atomic E-state index is 0.0618. The molecular weight excluding hydrogens is 230 g/mol. The van der Waals surface area contributed by atoms with E-state index in [1.807, 2.05) is 24.3 Å². The van der Waals surface area contributed by atoms with Gasteiger partial charge in [0.05, 0.1) is 6.33 Å². The molecular formula is C12H21N5O. The van der Waals surface area contributed by atoms with Crippen LogP contribution in [0.5, 0.6) is 0 Å². The average Bonchev–Trinajstić information content (AvgIpc) is 2.90. The maximum Gasteiger partial charge on any atom is 0.317 e. The van der Waals surface area contributed by atoms with Crippen LogP contribution in [0.25, 0.3) is 0 Å². The molecule has 2 heterocycles. The first-order valence-electron chi connectivity index (χ1n) is 6.50. The molecule has 0 aromatic carbocycles. The van der Waals surface area contributed by atoms with Crippen LogP contribution in [0.3, 0.4) is 0 Å². The summed E-state index contributed by atoms with van der Waals surface area (Å²) in [6.07, 6.45) is 5.61. The highest BCUT2D eigenvalue weighted by atomic mass is 16.2. The molecule has 6 nitrogen and oxygen atoms in total. The highest BCUT2D eigenvalue weighted by molar-refractivity contribution is 5.74. The SMILES string of the molecule is CCNC(=O)N1CCN(CCn2ccnc2)CC1. The minimum atomic E-state index is 0.0618. The van der Waals surface area contributed by atoms with E-state index >= 15 is 0 Å². The lowest BCUT2D eigenvalue weighted by Crippen LogP contribution is -2.52. The van der Waals surface area contributed by atoms with Crippen LogP contribution in [0, 0.1) is 0 Å². The topological polar surface area (TPSA) is 53.4 Å².